The van der Waals surface area contributed by atoms with Crippen molar-refractivity contribution in [2.45, 2.75) is 6.04 Å². The second-order valence-corrected chi connectivity index (χ2v) is 9.65. The van der Waals surface area contributed by atoms with E-state index in [2.05, 4.69) is 28.1 Å². The molecule has 0 saturated carbocycles. The maximum Gasteiger partial charge on any atom is 0.289 e. The van der Waals surface area contributed by atoms with E-state index in [1.54, 1.807) is 6.20 Å². The Balaban J connectivity index is 1.06. The summed E-state index contributed by atoms with van der Waals surface area (Å²) in [6, 6.07) is 18.4. The molecule has 4 heterocycles. The molecule has 0 radical (unpaired) electrons. The lowest BCUT2D eigenvalue weighted by molar-refractivity contribution is 0.00708. The van der Waals surface area contributed by atoms with Crippen LogP contribution >= 0.6 is 11.3 Å². The minimum Gasteiger partial charge on any atom is -0.451 e. The average molecular weight is 473 g/mol. The molecular weight excluding hydrogens is 448 g/mol. The van der Waals surface area contributed by atoms with Crippen molar-refractivity contribution in [2.24, 2.45) is 0 Å². The van der Waals surface area contributed by atoms with E-state index < -0.39 is 0 Å². The second kappa shape index (κ2) is 8.70. The van der Waals surface area contributed by atoms with Gasteiger partial charge < -0.3 is 14.2 Å². The van der Waals surface area contributed by atoms with Gasteiger partial charge in [-0.15, -0.1) is 11.3 Å². The summed E-state index contributed by atoms with van der Waals surface area (Å²) >= 11 is 1.38. The lowest BCUT2D eigenvalue weighted by Crippen LogP contribution is -2.64. The van der Waals surface area contributed by atoms with Gasteiger partial charge >= 0.3 is 0 Å². The highest BCUT2D eigenvalue weighted by Crippen LogP contribution is 2.28. The van der Waals surface area contributed by atoms with Crippen molar-refractivity contribution in [1.29, 1.82) is 0 Å². The molecule has 0 spiro atoms. The standard InChI is InChI=1S/C26H24N4O3S/c31-25(23-15-20-14-19(6-7-22(20)33-23)18-4-2-1-3-5-18)30-16-21(17-30)28-9-11-29(12-10-28)26(32)24-27-8-13-34-24/h1-8,13-15,21H,9-12,16-17H2. The summed E-state index contributed by atoms with van der Waals surface area (Å²) in [5.41, 5.74) is 2.96. The van der Waals surface area contributed by atoms with Crippen molar-refractivity contribution < 1.29 is 14.0 Å². The first-order chi connectivity index (χ1) is 16.7. The topological polar surface area (TPSA) is 69.9 Å². The van der Waals surface area contributed by atoms with E-state index in [-0.39, 0.29) is 11.8 Å². The average Bonchev–Trinajstić information content (AvgIpc) is 3.53. The molecule has 2 amide bonds. The van der Waals surface area contributed by atoms with E-state index >= 15 is 0 Å². The number of carbonyl (C=O) groups excluding carboxylic acids is 2. The number of nitrogens with zero attached hydrogens (tertiary/aromatic N) is 4. The third kappa shape index (κ3) is 3.89. The number of fused-ring (bicyclic) bond motifs is 1. The van der Waals surface area contributed by atoms with Crippen LogP contribution in [0.25, 0.3) is 22.1 Å². The van der Waals surface area contributed by atoms with Crippen LogP contribution in [0.4, 0.5) is 0 Å². The number of benzene rings is 2. The van der Waals surface area contributed by atoms with Gasteiger partial charge in [0.2, 0.25) is 0 Å². The number of aromatic nitrogens is 1. The van der Waals surface area contributed by atoms with E-state index in [4.69, 9.17) is 4.42 Å². The summed E-state index contributed by atoms with van der Waals surface area (Å²) in [7, 11) is 0. The van der Waals surface area contributed by atoms with Gasteiger partial charge in [0.25, 0.3) is 11.8 Å². The number of hydrogen-bond donors (Lipinski definition) is 0. The fourth-order valence-corrected chi connectivity index (χ4v) is 5.32. The lowest BCUT2D eigenvalue weighted by atomic mass is 10.0. The van der Waals surface area contributed by atoms with Crippen LogP contribution in [-0.4, -0.2) is 76.8 Å². The van der Waals surface area contributed by atoms with E-state index in [1.165, 1.54) is 11.3 Å². The number of likely N-dealkylation sites (tertiary alicyclic amines) is 1. The number of rotatable bonds is 4. The number of carbonyl (C=O) groups is 2. The monoisotopic (exact) mass is 472 g/mol. The molecule has 0 aliphatic carbocycles. The minimum absolute atomic E-state index is 0.0142. The van der Waals surface area contributed by atoms with Gasteiger partial charge in [0.05, 0.1) is 0 Å². The molecule has 4 aromatic rings. The Bertz CT molecular complexity index is 1320. The van der Waals surface area contributed by atoms with E-state index in [1.807, 2.05) is 51.6 Å². The van der Waals surface area contributed by atoms with Crippen LogP contribution in [0.15, 0.2) is 70.6 Å². The van der Waals surface area contributed by atoms with Gasteiger partial charge in [-0.1, -0.05) is 36.4 Å². The van der Waals surface area contributed by atoms with Crippen LogP contribution in [-0.2, 0) is 0 Å². The molecule has 2 aromatic heterocycles. The predicted octanol–water partition coefficient (Wildman–Crippen LogP) is 3.84. The summed E-state index contributed by atoms with van der Waals surface area (Å²) in [6.45, 7) is 4.39. The molecule has 0 bridgehead atoms. The van der Waals surface area contributed by atoms with Crippen LogP contribution in [0.5, 0.6) is 0 Å². The van der Waals surface area contributed by atoms with Crippen LogP contribution in [0.2, 0.25) is 0 Å². The highest BCUT2D eigenvalue weighted by molar-refractivity contribution is 7.11. The van der Waals surface area contributed by atoms with Crippen molar-refractivity contribution in [2.75, 3.05) is 39.3 Å². The summed E-state index contributed by atoms with van der Waals surface area (Å²) in [5, 5.41) is 3.31. The Morgan fingerprint density at radius 2 is 1.68 bits per heavy atom. The van der Waals surface area contributed by atoms with Crippen LogP contribution in [0.3, 0.4) is 0 Å². The largest absolute Gasteiger partial charge is 0.451 e. The van der Waals surface area contributed by atoms with Crippen molar-refractivity contribution in [3.63, 3.8) is 0 Å². The summed E-state index contributed by atoms with van der Waals surface area (Å²) < 4.78 is 5.88. The van der Waals surface area contributed by atoms with Crippen molar-refractivity contribution in [3.05, 3.63) is 76.9 Å². The molecule has 6 rings (SSSR count). The molecule has 0 unspecified atom stereocenters. The Hall–Kier alpha value is -3.49. The smallest absolute Gasteiger partial charge is 0.289 e. The predicted molar refractivity (Wildman–Crippen MR) is 131 cm³/mol. The molecule has 2 aliphatic heterocycles. The fraction of sp³-hybridized carbons (Fsp3) is 0.269. The second-order valence-electron chi connectivity index (χ2n) is 8.76. The van der Waals surface area contributed by atoms with Crippen LogP contribution in [0, 0.1) is 0 Å². The van der Waals surface area contributed by atoms with Gasteiger partial charge in [0.1, 0.15) is 5.58 Å². The molecule has 2 fully saturated rings. The molecule has 2 aromatic carbocycles. The molecule has 34 heavy (non-hydrogen) atoms. The molecule has 8 heteroatoms. The summed E-state index contributed by atoms with van der Waals surface area (Å²) in [6.07, 6.45) is 1.66. The number of piperazine rings is 1. The highest BCUT2D eigenvalue weighted by atomic mass is 32.1. The van der Waals surface area contributed by atoms with Gasteiger partial charge in [-0.05, 0) is 29.3 Å². The fourth-order valence-electron chi connectivity index (χ4n) is 4.72. The number of amides is 2. The zero-order chi connectivity index (χ0) is 23.1. The number of hydrogen-bond acceptors (Lipinski definition) is 6. The Labute approximate surface area is 201 Å². The third-order valence-corrected chi connectivity index (χ3v) is 7.48. The van der Waals surface area contributed by atoms with Crippen LogP contribution < -0.4 is 0 Å². The first kappa shape index (κ1) is 21.1. The Morgan fingerprint density at radius 1 is 0.882 bits per heavy atom. The van der Waals surface area contributed by atoms with E-state index in [0.29, 0.717) is 43.0 Å². The van der Waals surface area contributed by atoms with Crippen LogP contribution in [0.1, 0.15) is 20.4 Å². The molecule has 0 atom stereocenters. The highest BCUT2D eigenvalue weighted by Gasteiger charge is 2.38. The molecule has 7 nitrogen and oxygen atoms in total. The normalized spacial score (nSPS) is 17.2. The van der Waals surface area contributed by atoms with Gasteiger partial charge in [-0.3, -0.25) is 14.5 Å². The Kier molecular flexibility index (Phi) is 5.39. The van der Waals surface area contributed by atoms with E-state index in [0.717, 1.165) is 35.2 Å². The van der Waals surface area contributed by atoms with Gasteiger partial charge in [0.15, 0.2) is 10.8 Å². The van der Waals surface area contributed by atoms with Gasteiger partial charge in [-0.25, -0.2) is 4.98 Å². The minimum atomic E-state index is -0.0636. The first-order valence-electron chi connectivity index (χ1n) is 11.5. The molecule has 2 aliphatic rings. The molecule has 2 saturated heterocycles. The number of furan rings is 1. The third-order valence-electron chi connectivity index (χ3n) is 6.72. The van der Waals surface area contributed by atoms with Gasteiger partial charge in [0, 0.05) is 62.3 Å². The SMILES string of the molecule is O=C(c1cc2cc(-c3ccccc3)ccc2o1)N1CC(N2CCN(C(=O)c3nccs3)CC2)C1. The summed E-state index contributed by atoms with van der Waals surface area (Å²) in [4.78, 5) is 35.7. The number of thiazole rings is 1. The molecular formula is C26H24N4O3S. The quantitative estimate of drug-likeness (QED) is 0.451. The lowest BCUT2D eigenvalue weighted by Gasteiger charge is -2.47. The van der Waals surface area contributed by atoms with E-state index in [9.17, 15) is 9.59 Å². The van der Waals surface area contributed by atoms with Crippen molar-refractivity contribution in [3.8, 4) is 11.1 Å². The summed E-state index contributed by atoms with van der Waals surface area (Å²) in [5.74, 6) is 0.337. The molecule has 0 N–H and O–H groups in total. The zero-order valence-corrected chi connectivity index (χ0v) is 19.4. The van der Waals surface area contributed by atoms with Crippen molar-refractivity contribution >= 4 is 34.1 Å². The zero-order valence-electron chi connectivity index (χ0n) is 18.6. The maximum atomic E-state index is 13.0. The van der Waals surface area contributed by atoms with Gasteiger partial charge in [-0.2, -0.15) is 0 Å². The molecule has 172 valence electrons. The maximum absolute atomic E-state index is 13.0. The van der Waals surface area contributed by atoms with Crippen molar-refractivity contribution in [1.82, 2.24) is 19.7 Å². The first-order valence-corrected chi connectivity index (χ1v) is 12.3. The Morgan fingerprint density at radius 3 is 2.41 bits per heavy atom.